The maximum absolute atomic E-state index is 12.4. The molecule has 0 radical (unpaired) electrons. The molecule has 6 nitrogen and oxygen atoms in total. The highest BCUT2D eigenvalue weighted by molar-refractivity contribution is 5.95. The minimum atomic E-state index is -0.558. The van der Waals surface area contributed by atoms with Crippen LogP contribution in [-0.4, -0.2) is 46.5 Å². The van der Waals surface area contributed by atoms with Crippen molar-refractivity contribution in [2.45, 2.75) is 32.5 Å². The van der Waals surface area contributed by atoms with Crippen LogP contribution in [0.1, 0.15) is 41.6 Å². The standard InChI is InChI=1S/C14H19N3O3/c1-9-7-17(8-14(2,3)20-9)13(19)11-5-4-10(6-16-11)12(15)18/h4-6,9H,7-8H2,1-3H3,(H2,15,18). The maximum atomic E-state index is 12.4. The molecule has 2 N–H and O–H groups in total. The van der Waals surface area contributed by atoms with Crippen molar-refractivity contribution in [2.75, 3.05) is 13.1 Å². The first-order valence-electron chi connectivity index (χ1n) is 6.51. The van der Waals surface area contributed by atoms with Gasteiger partial charge >= 0.3 is 0 Å². The Morgan fingerprint density at radius 2 is 2.15 bits per heavy atom. The van der Waals surface area contributed by atoms with E-state index in [-0.39, 0.29) is 23.2 Å². The normalized spacial score (nSPS) is 21.6. The van der Waals surface area contributed by atoms with Gasteiger partial charge in [0.15, 0.2) is 0 Å². The van der Waals surface area contributed by atoms with Crippen molar-refractivity contribution in [3.05, 3.63) is 29.6 Å². The van der Waals surface area contributed by atoms with Gasteiger partial charge in [0.2, 0.25) is 5.91 Å². The summed E-state index contributed by atoms with van der Waals surface area (Å²) in [4.78, 5) is 29.1. The van der Waals surface area contributed by atoms with Gasteiger partial charge < -0.3 is 15.4 Å². The molecule has 0 spiro atoms. The Hall–Kier alpha value is -1.95. The topological polar surface area (TPSA) is 85.5 Å². The number of nitrogens with two attached hydrogens (primary N) is 1. The van der Waals surface area contributed by atoms with Gasteiger partial charge in [0.1, 0.15) is 5.69 Å². The molecule has 1 aromatic rings. The third-order valence-electron chi connectivity index (χ3n) is 3.12. The van der Waals surface area contributed by atoms with Gasteiger partial charge in [0, 0.05) is 19.3 Å². The Kier molecular flexibility index (Phi) is 3.76. The number of carbonyl (C=O) groups excluding carboxylic acids is 2. The van der Waals surface area contributed by atoms with E-state index in [2.05, 4.69) is 4.98 Å². The zero-order valence-electron chi connectivity index (χ0n) is 11.9. The molecule has 2 rings (SSSR count). The highest BCUT2D eigenvalue weighted by atomic mass is 16.5. The molecule has 0 aromatic carbocycles. The summed E-state index contributed by atoms with van der Waals surface area (Å²) in [7, 11) is 0. The van der Waals surface area contributed by atoms with Gasteiger partial charge in [-0.25, -0.2) is 0 Å². The Bertz CT molecular complexity index is 525. The molecule has 0 bridgehead atoms. The van der Waals surface area contributed by atoms with Gasteiger partial charge in [-0.05, 0) is 32.9 Å². The van der Waals surface area contributed by atoms with Gasteiger partial charge in [0.25, 0.3) is 5.91 Å². The largest absolute Gasteiger partial charge is 0.369 e. The van der Waals surface area contributed by atoms with E-state index in [0.29, 0.717) is 18.8 Å². The second kappa shape index (κ2) is 5.20. The van der Waals surface area contributed by atoms with Crippen molar-refractivity contribution in [3.8, 4) is 0 Å². The van der Waals surface area contributed by atoms with E-state index in [1.807, 2.05) is 20.8 Å². The molecule has 108 valence electrons. The van der Waals surface area contributed by atoms with E-state index in [9.17, 15) is 9.59 Å². The smallest absolute Gasteiger partial charge is 0.272 e. The number of morpholine rings is 1. The zero-order valence-corrected chi connectivity index (χ0v) is 11.9. The Labute approximate surface area is 117 Å². The van der Waals surface area contributed by atoms with E-state index in [1.165, 1.54) is 18.3 Å². The summed E-state index contributed by atoms with van der Waals surface area (Å²) in [6.07, 6.45) is 1.30. The van der Waals surface area contributed by atoms with Crippen molar-refractivity contribution in [1.29, 1.82) is 0 Å². The SMILES string of the molecule is CC1CN(C(=O)c2ccc(C(N)=O)cn2)CC(C)(C)O1. The lowest BCUT2D eigenvalue weighted by molar-refractivity contribution is -0.118. The number of nitrogens with zero attached hydrogens (tertiary/aromatic N) is 2. The van der Waals surface area contributed by atoms with Crippen LogP contribution in [-0.2, 0) is 4.74 Å². The quantitative estimate of drug-likeness (QED) is 0.867. The van der Waals surface area contributed by atoms with Gasteiger partial charge in [0.05, 0.1) is 17.3 Å². The molecule has 20 heavy (non-hydrogen) atoms. The summed E-state index contributed by atoms with van der Waals surface area (Å²) < 4.78 is 5.76. The number of hydrogen-bond donors (Lipinski definition) is 1. The number of aromatic nitrogens is 1. The summed E-state index contributed by atoms with van der Waals surface area (Å²) >= 11 is 0. The van der Waals surface area contributed by atoms with Gasteiger partial charge in [-0.1, -0.05) is 0 Å². The maximum Gasteiger partial charge on any atom is 0.272 e. The number of pyridine rings is 1. The van der Waals surface area contributed by atoms with E-state index < -0.39 is 5.91 Å². The first kappa shape index (κ1) is 14.5. The van der Waals surface area contributed by atoms with Crippen LogP contribution in [0.25, 0.3) is 0 Å². The van der Waals surface area contributed by atoms with Gasteiger partial charge in [-0.2, -0.15) is 0 Å². The van der Waals surface area contributed by atoms with Crippen molar-refractivity contribution in [3.63, 3.8) is 0 Å². The van der Waals surface area contributed by atoms with Gasteiger partial charge in [-0.3, -0.25) is 14.6 Å². The van der Waals surface area contributed by atoms with Crippen LogP contribution in [0.2, 0.25) is 0 Å². The molecule has 1 fully saturated rings. The Morgan fingerprint density at radius 3 is 2.65 bits per heavy atom. The first-order valence-corrected chi connectivity index (χ1v) is 6.51. The van der Waals surface area contributed by atoms with Crippen LogP contribution in [0.5, 0.6) is 0 Å². The highest BCUT2D eigenvalue weighted by Crippen LogP contribution is 2.21. The van der Waals surface area contributed by atoms with Crippen LogP contribution >= 0.6 is 0 Å². The van der Waals surface area contributed by atoms with Crippen LogP contribution in [0, 0.1) is 0 Å². The molecule has 2 amide bonds. The average molecular weight is 277 g/mol. The van der Waals surface area contributed by atoms with Crippen molar-refractivity contribution in [1.82, 2.24) is 9.88 Å². The third kappa shape index (κ3) is 3.14. The van der Waals surface area contributed by atoms with Crippen molar-refractivity contribution < 1.29 is 14.3 Å². The summed E-state index contributed by atoms with van der Waals surface area (Å²) in [5.74, 6) is -0.720. The molecule has 0 aliphatic carbocycles. The Balaban J connectivity index is 2.16. The lowest BCUT2D eigenvalue weighted by Gasteiger charge is -2.41. The molecule has 1 atom stereocenters. The number of rotatable bonds is 2. The lowest BCUT2D eigenvalue weighted by Crippen LogP contribution is -2.53. The molecule has 1 aliphatic heterocycles. The second-order valence-corrected chi connectivity index (χ2v) is 5.67. The minimum absolute atomic E-state index is 0.0207. The fourth-order valence-electron chi connectivity index (χ4n) is 2.44. The predicted molar refractivity (Wildman–Crippen MR) is 73.3 cm³/mol. The van der Waals surface area contributed by atoms with Crippen LogP contribution in [0.4, 0.5) is 0 Å². The summed E-state index contributed by atoms with van der Waals surface area (Å²) in [6, 6.07) is 3.03. The number of ether oxygens (including phenoxy) is 1. The molecule has 6 heteroatoms. The number of amides is 2. The zero-order chi connectivity index (χ0) is 14.9. The average Bonchev–Trinajstić information content (AvgIpc) is 2.35. The van der Waals surface area contributed by atoms with E-state index in [4.69, 9.17) is 10.5 Å². The third-order valence-corrected chi connectivity index (χ3v) is 3.12. The fourth-order valence-corrected chi connectivity index (χ4v) is 2.44. The summed E-state index contributed by atoms with van der Waals surface area (Å²) in [5, 5.41) is 0. The molecule has 1 unspecified atom stereocenters. The van der Waals surface area contributed by atoms with Crippen LogP contribution in [0.15, 0.2) is 18.3 Å². The van der Waals surface area contributed by atoms with E-state index in [0.717, 1.165) is 0 Å². The molecule has 0 saturated carbocycles. The van der Waals surface area contributed by atoms with Gasteiger partial charge in [-0.15, -0.1) is 0 Å². The van der Waals surface area contributed by atoms with Crippen molar-refractivity contribution >= 4 is 11.8 Å². The molecular formula is C14H19N3O3. The second-order valence-electron chi connectivity index (χ2n) is 5.67. The molecule has 1 aliphatic rings. The molecule has 2 heterocycles. The predicted octanol–water partition coefficient (Wildman–Crippen LogP) is 0.820. The van der Waals surface area contributed by atoms with Crippen LogP contribution in [0.3, 0.4) is 0 Å². The monoisotopic (exact) mass is 277 g/mol. The highest BCUT2D eigenvalue weighted by Gasteiger charge is 2.34. The lowest BCUT2D eigenvalue weighted by atomic mass is 10.1. The number of primary amides is 1. The van der Waals surface area contributed by atoms with E-state index >= 15 is 0 Å². The first-order chi connectivity index (χ1) is 9.28. The summed E-state index contributed by atoms with van der Waals surface area (Å²) in [5.41, 5.74) is 5.37. The fraction of sp³-hybridized carbons (Fsp3) is 0.500. The number of carbonyl (C=O) groups is 2. The molecule has 1 saturated heterocycles. The number of hydrogen-bond acceptors (Lipinski definition) is 4. The molecular weight excluding hydrogens is 258 g/mol. The summed E-state index contributed by atoms with van der Waals surface area (Å²) in [6.45, 7) is 6.88. The Morgan fingerprint density at radius 1 is 1.45 bits per heavy atom. The van der Waals surface area contributed by atoms with E-state index in [1.54, 1.807) is 4.90 Å². The molecule has 1 aromatic heterocycles. The van der Waals surface area contributed by atoms with Crippen LogP contribution < -0.4 is 5.73 Å². The van der Waals surface area contributed by atoms with Crippen molar-refractivity contribution in [2.24, 2.45) is 5.73 Å². The minimum Gasteiger partial charge on any atom is -0.369 e.